The van der Waals surface area contributed by atoms with Gasteiger partial charge in [-0.25, -0.2) is 8.42 Å². The molecule has 0 radical (unpaired) electrons. The van der Waals surface area contributed by atoms with E-state index >= 15 is 0 Å². The number of hydrogen-bond acceptors (Lipinski definition) is 6. The number of carbonyl (C=O) groups excluding carboxylic acids is 2. The Morgan fingerprint density at radius 2 is 1.82 bits per heavy atom. The standard InChI is InChI=1S/C25H32N4O4S/c1-28-20(10-13-23(30)27-19-6-4-3-5-7-19)16-26-25(31)24-22(28)14-15-29(24)17-18-8-11-21(12-9-18)34(2,32)33/h3-9,11-12,20,22,24H,10,13-17H2,1-2H3,(H,26,31)(H,27,30)/t20-,22+,24-/m0/s1. The summed E-state index contributed by atoms with van der Waals surface area (Å²) in [7, 11) is -1.19. The van der Waals surface area contributed by atoms with E-state index in [-0.39, 0.29) is 29.9 Å². The molecule has 2 fully saturated rings. The molecule has 0 spiro atoms. The maximum atomic E-state index is 13.0. The average Bonchev–Trinajstić information content (AvgIpc) is 3.17. The van der Waals surface area contributed by atoms with Crippen LogP contribution < -0.4 is 10.6 Å². The van der Waals surface area contributed by atoms with Crippen molar-refractivity contribution >= 4 is 27.3 Å². The van der Waals surface area contributed by atoms with Crippen molar-refractivity contribution in [2.45, 2.75) is 48.8 Å². The van der Waals surface area contributed by atoms with E-state index < -0.39 is 9.84 Å². The third kappa shape index (κ3) is 5.65. The van der Waals surface area contributed by atoms with Crippen LogP contribution in [0.4, 0.5) is 5.69 Å². The number of para-hydroxylation sites is 1. The number of benzene rings is 2. The lowest BCUT2D eigenvalue weighted by molar-refractivity contribution is -0.126. The van der Waals surface area contributed by atoms with Crippen molar-refractivity contribution in [2.24, 2.45) is 0 Å². The van der Waals surface area contributed by atoms with E-state index in [1.54, 1.807) is 12.1 Å². The minimum absolute atomic E-state index is 0.0124. The third-order valence-electron chi connectivity index (χ3n) is 6.85. The maximum Gasteiger partial charge on any atom is 0.239 e. The van der Waals surface area contributed by atoms with Gasteiger partial charge in [0, 0.05) is 50.1 Å². The quantitative estimate of drug-likeness (QED) is 0.623. The van der Waals surface area contributed by atoms with Crippen molar-refractivity contribution in [1.29, 1.82) is 0 Å². The van der Waals surface area contributed by atoms with Crippen LogP contribution in [0.25, 0.3) is 0 Å². The second kappa shape index (κ2) is 10.2. The van der Waals surface area contributed by atoms with Gasteiger partial charge in [0.2, 0.25) is 11.8 Å². The van der Waals surface area contributed by atoms with Crippen LogP contribution in [0, 0.1) is 0 Å². The summed E-state index contributed by atoms with van der Waals surface area (Å²) < 4.78 is 23.4. The predicted octanol–water partition coefficient (Wildman–Crippen LogP) is 1.88. The second-order valence-electron chi connectivity index (χ2n) is 9.20. The number of hydrogen-bond donors (Lipinski definition) is 2. The molecule has 0 unspecified atom stereocenters. The Kier molecular flexibility index (Phi) is 7.35. The Balaban J connectivity index is 1.37. The molecule has 34 heavy (non-hydrogen) atoms. The molecule has 2 aliphatic heterocycles. The van der Waals surface area contributed by atoms with Crippen LogP contribution in [0.1, 0.15) is 24.8 Å². The van der Waals surface area contributed by atoms with E-state index in [1.165, 1.54) is 6.26 Å². The molecule has 9 heteroatoms. The molecular weight excluding hydrogens is 452 g/mol. The highest BCUT2D eigenvalue weighted by molar-refractivity contribution is 7.90. The zero-order valence-electron chi connectivity index (χ0n) is 19.6. The summed E-state index contributed by atoms with van der Waals surface area (Å²) in [6, 6.07) is 16.1. The van der Waals surface area contributed by atoms with Crippen molar-refractivity contribution in [1.82, 2.24) is 15.1 Å². The number of carbonyl (C=O) groups is 2. The largest absolute Gasteiger partial charge is 0.353 e. The summed E-state index contributed by atoms with van der Waals surface area (Å²) in [5, 5.41) is 6.01. The van der Waals surface area contributed by atoms with Crippen LogP contribution in [0.15, 0.2) is 59.5 Å². The summed E-state index contributed by atoms with van der Waals surface area (Å²) in [5.41, 5.74) is 1.76. The number of likely N-dealkylation sites (N-methyl/N-ethyl adjacent to an activating group) is 1. The van der Waals surface area contributed by atoms with E-state index in [9.17, 15) is 18.0 Å². The van der Waals surface area contributed by atoms with Gasteiger partial charge in [0.15, 0.2) is 9.84 Å². The maximum absolute atomic E-state index is 13.0. The number of nitrogens with one attached hydrogen (secondary N) is 2. The van der Waals surface area contributed by atoms with Crippen molar-refractivity contribution in [3.8, 4) is 0 Å². The number of likely N-dealkylation sites (tertiary alicyclic amines) is 1. The van der Waals surface area contributed by atoms with Crippen molar-refractivity contribution in [3.05, 3.63) is 60.2 Å². The highest BCUT2D eigenvalue weighted by Crippen LogP contribution is 2.29. The van der Waals surface area contributed by atoms with Gasteiger partial charge in [-0.1, -0.05) is 30.3 Å². The molecule has 3 atom stereocenters. The number of anilines is 1. The highest BCUT2D eigenvalue weighted by atomic mass is 32.2. The molecular formula is C25H32N4O4S. The molecule has 2 heterocycles. The molecule has 2 aromatic rings. The Morgan fingerprint density at radius 1 is 1.12 bits per heavy atom. The zero-order valence-corrected chi connectivity index (χ0v) is 20.4. The summed E-state index contributed by atoms with van der Waals surface area (Å²) in [4.78, 5) is 30.1. The summed E-state index contributed by atoms with van der Waals surface area (Å²) >= 11 is 0. The smallest absolute Gasteiger partial charge is 0.239 e. The number of nitrogens with zero attached hydrogens (tertiary/aromatic N) is 2. The monoisotopic (exact) mass is 484 g/mol. The van der Waals surface area contributed by atoms with Crippen molar-refractivity contribution in [2.75, 3.05) is 31.7 Å². The number of amides is 2. The van der Waals surface area contributed by atoms with Gasteiger partial charge < -0.3 is 10.6 Å². The lowest BCUT2D eigenvalue weighted by Gasteiger charge is -2.33. The minimum Gasteiger partial charge on any atom is -0.353 e. The Hall–Kier alpha value is -2.75. The number of sulfone groups is 1. The highest BCUT2D eigenvalue weighted by Gasteiger charge is 2.44. The van der Waals surface area contributed by atoms with Crippen molar-refractivity contribution in [3.63, 3.8) is 0 Å². The van der Waals surface area contributed by atoms with Gasteiger partial charge in [0.25, 0.3) is 0 Å². The molecule has 0 aromatic heterocycles. The normalized spacial score (nSPS) is 23.7. The molecule has 0 aliphatic carbocycles. The Bertz CT molecular complexity index is 1120. The van der Waals surface area contributed by atoms with Crippen LogP contribution >= 0.6 is 0 Å². The third-order valence-corrected chi connectivity index (χ3v) is 7.98. The fraction of sp³-hybridized carbons (Fsp3) is 0.440. The fourth-order valence-corrected chi connectivity index (χ4v) is 5.58. The Morgan fingerprint density at radius 3 is 2.50 bits per heavy atom. The SMILES string of the molecule is CN1[C@@H](CCC(=O)Nc2ccccc2)CNC(=O)[C@@H]2[C@H]1CCN2Cc1ccc(S(C)(=O)=O)cc1. The minimum atomic E-state index is -3.24. The second-order valence-corrected chi connectivity index (χ2v) is 11.2. The van der Waals surface area contributed by atoms with E-state index in [0.717, 1.165) is 24.2 Å². The molecule has 182 valence electrons. The van der Waals surface area contributed by atoms with Crippen LogP contribution in [0.2, 0.25) is 0 Å². The van der Waals surface area contributed by atoms with Crippen LogP contribution in [-0.4, -0.2) is 74.6 Å². The van der Waals surface area contributed by atoms with Gasteiger partial charge in [-0.05, 0) is 49.7 Å². The molecule has 4 rings (SSSR count). The lowest BCUT2D eigenvalue weighted by atomic mass is 10.0. The zero-order chi connectivity index (χ0) is 24.3. The fourth-order valence-electron chi connectivity index (χ4n) is 4.95. The van der Waals surface area contributed by atoms with Crippen LogP contribution in [0.3, 0.4) is 0 Å². The first-order chi connectivity index (χ1) is 16.2. The van der Waals surface area contributed by atoms with Crippen LogP contribution in [0.5, 0.6) is 0 Å². The molecule has 8 nitrogen and oxygen atoms in total. The number of rotatable bonds is 7. The lowest BCUT2D eigenvalue weighted by Crippen LogP contribution is -2.49. The van der Waals surface area contributed by atoms with Gasteiger partial charge in [-0.3, -0.25) is 19.4 Å². The van der Waals surface area contributed by atoms with E-state index in [2.05, 4.69) is 20.4 Å². The Labute approximate surface area is 201 Å². The van der Waals surface area contributed by atoms with Crippen molar-refractivity contribution < 1.29 is 18.0 Å². The molecule has 2 saturated heterocycles. The van der Waals surface area contributed by atoms with E-state index in [1.807, 2.05) is 49.5 Å². The molecule has 2 amide bonds. The first-order valence-electron chi connectivity index (χ1n) is 11.6. The predicted molar refractivity (Wildman–Crippen MR) is 131 cm³/mol. The van der Waals surface area contributed by atoms with Gasteiger partial charge in [-0.15, -0.1) is 0 Å². The molecule has 2 aliphatic rings. The van der Waals surface area contributed by atoms with Crippen LogP contribution in [-0.2, 0) is 26.0 Å². The van der Waals surface area contributed by atoms with Gasteiger partial charge in [0.05, 0.1) is 4.90 Å². The molecule has 2 aromatic carbocycles. The summed E-state index contributed by atoms with van der Waals surface area (Å²) in [5.74, 6) is -0.0179. The summed E-state index contributed by atoms with van der Waals surface area (Å²) in [6.45, 7) is 1.87. The van der Waals surface area contributed by atoms with E-state index in [4.69, 9.17) is 0 Å². The average molecular weight is 485 g/mol. The van der Waals surface area contributed by atoms with Gasteiger partial charge >= 0.3 is 0 Å². The van der Waals surface area contributed by atoms with E-state index in [0.29, 0.717) is 30.8 Å². The van der Waals surface area contributed by atoms with Gasteiger partial charge in [0.1, 0.15) is 6.04 Å². The molecule has 2 N–H and O–H groups in total. The van der Waals surface area contributed by atoms with Gasteiger partial charge in [-0.2, -0.15) is 0 Å². The topological polar surface area (TPSA) is 98.8 Å². The molecule has 0 saturated carbocycles. The molecule has 0 bridgehead atoms. The number of fused-ring (bicyclic) bond motifs is 1. The summed E-state index contributed by atoms with van der Waals surface area (Å²) in [6.07, 6.45) is 3.10. The first kappa shape index (κ1) is 24.4. The first-order valence-corrected chi connectivity index (χ1v) is 13.5.